The van der Waals surface area contributed by atoms with Gasteiger partial charge in [0.2, 0.25) is 10.0 Å². The highest BCUT2D eigenvalue weighted by molar-refractivity contribution is 14.1. The summed E-state index contributed by atoms with van der Waals surface area (Å²) < 4.78 is 25.9. The highest BCUT2D eigenvalue weighted by Gasteiger charge is 2.11. The summed E-state index contributed by atoms with van der Waals surface area (Å²) >= 11 is 3.49. The fourth-order valence-electron chi connectivity index (χ4n) is 2.19. The average Bonchev–Trinajstić information content (AvgIpc) is 3.02. The highest BCUT2D eigenvalue weighted by Crippen LogP contribution is 2.26. The van der Waals surface area contributed by atoms with E-state index in [9.17, 15) is 13.2 Å². The van der Waals surface area contributed by atoms with E-state index in [4.69, 9.17) is 0 Å². The lowest BCUT2D eigenvalue weighted by Crippen LogP contribution is -2.11. The summed E-state index contributed by atoms with van der Waals surface area (Å²) in [5.41, 5.74) is 2.59. The zero-order chi connectivity index (χ0) is 18.7. The normalized spacial score (nSPS) is 11.2. The van der Waals surface area contributed by atoms with Crippen LogP contribution in [0.4, 0.5) is 10.8 Å². The van der Waals surface area contributed by atoms with Crippen LogP contribution in [0.3, 0.4) is 0 Å². The minimum absolute atomic E-state index is 0.211. The Morgan fingerprint density at radius 2 is 1.88 bits per heavy atom. The van der Waals surface area contributed by atoms with Gasteiger partial charge in [-0.25, -0.2) is 13.4 Å². The summed E-state index contributed by atoms with van der Waals surface area (Å²) in [6.07, 6.45) is 1.10. The van der Waals surface area contributed by atoms with Crippen molar-refractivity contribution in [1.29, 1.82) is 0 Å². The number of carbonyl (C=O) groups excluding carboxylic acids is 1. The van der Waals surface area contributed by atoms with Gasteiger partial charge in [0.1, 0.15) is 0 Å². The average molecular weight is 499 g/mol. The van der Waals surface area contributed by atoms with E-state index in [-0.39, 0.29) is 5.91 Å². The van der Waals surface area contributed by atoms with Crippen molar-refractivity contribution in [3.05, 3.63) is 63.0 Å². The molecule has 3 rings (SSSR count). The van der Waals surface area contributed by atoms with Crippen LogP contribution in [0.15, 0.2) is 53.9 Å². The molecule has 9 heteroatoms. The third-order valence-electron chi connectivity index (χ3n) is 3.30. The molecule has 0 saturated heterocycles. The van der Waals surface area contributed by atoms with Gasteiger partial charge in [0.05, 0.1) is 11.9 Å². The van der Waals surface area contributed by atoms with Crippen molar-refractivity contribution in [2.75, 3.05) is 16.3 Å². The van der Waals surface area contributed by atoms with Gasteiger partial charge in [-0.15, -0.1) is 11.3 Å². The Kier molecular flexibility index (Phi) is 5.58. The van der Waals surface area contributed by atoms with Crippen molar-refractivity contribution < 1.29 is 13.2 Å². The number of halogens is 1. The number of nitrogens with zero attached hydrogens (tertiary/aromatic N) is 1. The van der Waals surface area contributed by atoms with Gasteiger partial charge in [0.25, 0.3) is 5.91 Å². The summed E-state index contributed by atoms with van der Waals surface area (Å²) in [6, 6.07) is 14.2. The van der Waals surface area contributed by atoms with Gasteiger partial charge in [-0.1, -0.05) is 18.2 Å². The van der Waals surface area contributed by atoms with Crippen molar-refractivity contribution >= 4 is 60.7 Å². The fraction of sp³-hybridized carbons (Fsp3) is 0.0588. The van der Waals surface area contributed by atoms with Crippen LogP contribution in [-0.4, -0.2) is 25.6 Å². The van der Waals surface area contributed by atoms with Gasteiger partial charge in [-0.05, 0) is 52.9 Å². The molecular formula is C17H14IN3O3S2. The highest BCUT2D eigenvalue weighted by atomic mass is 127. The summed E-state index contributed by atoms with van der Waals surface area (Å²) in [5, 5.41) is 5.13. The Balaban J connectivity index is 1.72. The van der Waals surface area contributed by atoms with Gasteiger partial charge in [0, 0.05) is 25.8 Å². The van der Waals surface area contributed by atoms with Crippen LogP contribution in [0.5, 0.6) is 0 Å². The number of hydrogen-bond donors (Lipinski definition) is 2. The number of rotatable bonds is 5. The van der Waals surface area contributed by atoms with Crippen LogP contribution < -0.4 is 10.0 Å². The van der Waals surface area contributed by atoms with Gasteiger partial charge in [-0.3, -0.25) is 14.8 Å². The van der Waals surface area contributed by atoms with E-state index in [1.165, 1.54) is 11.3 Å². The predicted molar refractivity (Wildman–Crippen MR) is 113 cm³/mol. The minimum Gasteiger partial charge on any atom is -0.298 e. The van der Waals surface area contributed by atoms with E-state index in [1.807, 2.05) is 17.5 Å². The molecule has 0 radical (unpaired) electrons. The second-order valence-corrected chi connectivity index (χ2v) is 9.31. The number of sulfonamides is 1. The molecule has 0 atom stereocenters. The molecule has 1 heterocycles. The maximum atomic E-state index is 12.3. The Morgan fingerprint density at radius 1 is 1.15 bits per heavy atom. The van der Waals surface area contributed by atoms with Crippen LogP contribution in [0.1, 0.15) is 10.4 Å². The maximum absolute atomic E-state index is 12.3. The Labute approximate surface area is 168 Å². The molecule has 3 aromatic rings. The van der Waals surface area contributed by atoms with E-state index in [0.29, 0.717) is 22.1 Å². The van der Waals surface area contributed by atoms with Crippen molar-refractivity contribution in [3.63, 3.8) is 0 Å². The third-order valence-corrected chi connectivity index (χ3v) is 5.33. The van der Waals surface area contributed by atoms with Crippen LogP contribution in [0, 0.1) is 3.57 Å². The number of carbonyl (C=O) groups is 1. The van der Waals surface area contributed by atoms with Crippen molar-refractivity contribution in [2.45, 2.75) is 0 Å². The molecule has 1 amide bonds. The van der Waals surface area contributed by atoms with Crippen LogP contribution in [-0.2, 0) is 10.0 Å². The van der Waals surface area contributed by atoms with Gasteiger partial charge in [0.15, 0.2) is 5.13 Å². The van der Waals surface area contributed by atoms with Crippen LogP contribution in [0.25, 0.3) is 11.3 Å². The quantitative estimate of drug-likeness (QED) is 0.519. The van der Waals surface area contributed by atoms with E-state index < -0.39 is 10.0 Å². The smallest absolute Gasteiger partial charge is 0.257 e. The molecule has 26 heavy (non-hydrogen) atoms. The molecule has 0 aliphatic heterocycles. The number of nitrogens with one attached hydrogen (secondary N) is 2. The second-order valence-electron chi connectivity index (χ2n) is 5.45. The molecule has 0 aliphatic rings. The Hall–Kier alpha value is -1.98. The lowest BCUT2D eigenvalue weighted by Gasteiger charge is -2.04. The SMILES string of the molecule is CS(=O)(=O)Nc1ccc(-c2csc(NC(=O)c3cccc(I)c3)n2)cc1. The molecule has 134 valence electrons. The zero-order valence-electron chi connectivity index (χ0n) is 13.6. The lowest BCUT2D eigenvalue weighted by molar-refractivity contribution is 0.102. The molecule has 0 unspecified atom stereocenters. The van der Waals surface area contributed by atoms with Gasteiger partial charge in [-0.2, -0.15) is 0 Å². The third kappa shape index (κ3) is 5.02. The monoisotopic (exact) mass is 499 g/mol. The molecule has 0 aliphatic carbocycles. The van der Waals surface area contributed by atoms with E-state index in [2.05, 4.69) is 37.6 Å². The summed E-state index contributed by atoms with van der Waals surface area (Å²) in [6.45, 7) is 0. The maximum Gasteiger partial charge on any atom is 0.257 e. The van der Waals surface area contributed by atoms with E-state index >= 15 is 0 Å². The van der Waals surface area contributed by atoms with Crippen molar-refractivity contribution in [2.24, 2.45) is 0 Å². The molecule has 2 N–H and O–H groups in total. The number of benzene rings is 2. The zero-order valence-corrected chi connectivity index (χ0v) is 17.4. The molecule has 0 spiro atoms. The Bertz CT molecular complexity index is 1050. The molecule has 0 bridgehead atoms. The first-order valence-corrected chi connectivity index (χ1v) is 11.3. The number of amides is 1. The number of hydrogen-bond acceptors (Lipinski definition) is 5. The summed E-state index contributed by atoms with van der Waals surface area (Å²) in [7, 11) is -3.31. The second kappa shape index (κ2) is 7.72. The van der Waals surface area contributed by atoms with Crippen LogP contribution in [0.2, 0.25) is 0 Å². The lowest BCUT2D eigenvalue weighted by atomic mass is 10.1. The Morgan fingerprint density at radius 3 is 2.54 bits per heavy atom. The summed E-state index contributed by atoms with van der Waals surface area (Å²) in [4.78, 5) is 16.7. The number of thiazole rings is 1. The largest absolute Gasteiger partial charge is 0.298 e. The molecule has 6 nitrogen and oxygen atoms in total. The molecule has 0 fully saturated rings. The molecule has 1 aromatic heterocycles. The fourth-order valence-corrected chi connectivity index (χ4v) is 4.01. The molecule has 0 saturated carbocycles. The standard InChI is InChI=1S/C17H14IN3O3S2/c1-26(23,24)21-14-7-5-11(6-8-14)15-10-25-17(19-15)20-16(22)12-3-2-4-13(18)9-12/h2-10,21H,1H3,(H,19,20,22). The van der Waals surface area contributed by atoms with E-state index in [1.54, 1.807) is 36.4 Å². The first-order valence-electron chi connectivity index (χ1n) is 7.41. The van der Waals surface area contributed by atoms with Gasteiger partial charge < -0.3 is 0 Å². The van der Waals surface area contributed by atoms with Crippen LogP contribution >= 0.6 is 33.9 Å². The molecular weight excluding hydrogens is 485 g/mol. The van der Waals surface area contributed by atoms with Crippen molar-refractivity contribution in [3.8, 4) is 11.3 Å². The molecule has 2 aromatic carbocycles. The van der Waals surface area contributed by atoms with Gasteiger partial charge >= 0.3 is 0 Å². The van der Waals surface area contributed by atoms with E-state index in [0.717, 1.165) is 15.4 Å². The predicted octanol–water partition coefficient (Wildman–Crippen LogP) is 4.04. The number of aromatic nitrogens is 1. The minimum atomic E-state index is -3.31. The number of anilines is 2. The summed E-state index contributed by atoms with van der Waals surface area (Å²) in [5.74, 6) is -0.211. The first-order chi connectivity index (χ1) is 12.3. The van der Waals surface area contributed by atoms with Crippen molar-refractivity contribution in [1.82, 2.24) is 4.98 Å². The first kappa shape index (κ1) is 18.8. The topological polar surface area (TPSA) is 88.2 Å².